The van der Waals surface area contributed by atoms with Crippen molar-refractivity contribution < 1.29 is 165 Å². The van der Waals surface area contributed by atoms with E-state index in [4.69, 9.17) is 24.8 Å². The first kappa shape index (κ1) is 111. The van der Waals surface area contributed by atoms with Gasteiger partial charge in [-0.3, -0.25) is 40.5 Å². The fourth-order valence-electron chi connectivity index (χ4n) is 11.7. The molecule has 0 saturated carbocycles. The zero-order valence-corrected chi connectivity index (χ0v) is 85.8. The van der Waals surface area contributed by atoms with Crippen molar-refractivity contribution in [1.29, 1.82) is 0 Å². The molecule has 0 saturated heterocycles. The molecule has 662 valence electrons. The van der Waals surface area contributed by atoms with E-state index in [1.807, 2.05) is 261 Å². The summed E-state index contributed by atoms with van der Waals surface area (Å²) >= 11 is 1.76. The maximum absolute atomic E-state index is 10.0. The average molecular weight is 2770 g/mol. The number of aliphatic hydroxyl groups is 4. The minimum Gasteiger partial charge on any atom is -0.512 e. The van der Waals surface area contributed by atoms with Crippen molar-refractivity contribution in [1.82, 2.24) is 24.9 Å². The maximum atomic E-state index is 10.0. The van der Waals surface area contributed by atoms with Gasteiger partial charge in [-0.05, 0) is 141 Å². The largest absolute Gasteiger partial charge is 0.512 e. The van der Waals surface area contributed by atoms with E-state index < -0.39 is 0 Å². The van der Waals surface area contributed by atoms with E-state index in [0.717, 1.165) is 77.6 Å². The number of thiophene rings is 1. The second kappa shape index (κ2) is 60.2. The summed E-state index contributed by atoms with van der Waals surface area (Å²) in [6, 6.07) is 129. The number of aliphatic hydroxyl groups excluding tert-OH is 4. The molecule has 18 rings (SSSR count). The fraction of sp³-hybridized carbons (Fsp3) is 0.0748. The predicted molar refractivity (Wildman–Crippen MR) is 496 cm³/mol. The van der Waals surface area contributed by atoms with Gasteiger partial charge >= 0.3 is 0 Å². The number of hydrogen-bond donors (Lipinski definition) is 4. The van der Waals surface area contributed by atoms with Crippen LogP contribution in [0.25, 0.3) is 131 Å². The molecule has 0 amide bonds. The van der Waals surface area contributed by atoms with E-state index in [0.29, 0.717) is 5.89 Å². The molecular formula is C107H88Ir6N5O9S-7. The molecule has 6 heterocycles. The van der Waals surface area contributed by atoms with Gasteiger partial charge in [0.05, 0.1) is 34.1 Å². The maximum Gasteiger partial charge on any atom is 0.155 e. The first-order chi connectivity index (χ1) is 59.2. The van der Waals surface area contributed by atoms with Crippen molar-refractivity contribution in [3.8, 4) is 66.9 Å². The molecule has 18 aromatic rings. The molecule has 12 aromatic carbocycles. The summed E-state index contributed by atoms with van der Waals surface area (Å²) in [6.07, 6.45) is 10.2. The third-order valence-electron chi connectivity index (χ3n) is 16.7. The Morgan fingerprint density at radius 2 is 0.703 bits per heavy atom. The monoisotopic (exact) mass is 2780 g/mol. The minimum absolute atomic E-state index is 0. The number of ketones is 4. The molecule has 0 aliphatic carbocycles. The van der Waals surface area contributed by atoms with Crippen molar-refractivity contribution in [2.75, 3.05) is 0 Å². The Morgan fingerprint density at radius 1 is 0.312 bits per heavy atom. The third kappa shape index (κ3) is 37.8. The molecule has 128 heavy (non-hydrogen) atoms. The second-order valence-electron chi connectivity index (χ2n) is 26.8. The molecule has 14 nitrogen and oxygen atoms in total. The van der Waals surface area contributed by atoms with Crippen LogP contribution in [-0.4, -0.2) is 68.5 Å². The van der Waals surface area contributed by atoms with Gasteiger partial charge in [0, 0.05) is 164 Å². The third-order valence-corrected chi connectivity index (χ3v) is 17.8. The van der Waals surface area contributed by atoms with Gasteiger partial charge in [0.1, 0.15) is 11.5 Å². The Balaban J connectivity index is 0.000000371. The second-order valence-corrected chi connectivity index (χ2v) is 27.9. The molecule has 4 N–H and O–H groups in total. The summed E-state index contributed by atoms with van der Waals surface area (Å²) in [5, 5.41) is 43.0. The van der Waals surface area contributed by atoms with Crippen molar-refractivity contribution >= 4 is 98.9 Å². The number of nitrogens with zero attached hydrogens (tertiary/aromatic N) is 5. The van der Waals surface area contributed by atoms with E-state index in [2.05, 4.69) is 146 Å². The van der Waals surface area contributed by atoms with Gasteiger partial charge in [0.25, 0.3) is 0 Å². The summed E-state index contributed by atoms with van der Waals surface area (Å²) in [5.74, 6) is 0.372. The van der Waals surface area contributed by atoms with Crippen LogP contribution in [0.1, 0.15) is 55.4 Å². The molecule has 0 aliphatic rings. The molecule has 21 heteroatoms. The summed E-state index contributed by atoms with van der Waals surface area (Å²) in [6.45, 7) is 11.4. The van der Waals surface area contributed by atoms with Crippen molar-refractivity contribution in [2.45, 2.75) is 55.4 Å². The molecule has 0 bridgehead atoms. The van der Waals surface area contributed by atoms with E-state index in [1.165, 1.54) is 127 Å². The molecule has 0 spiro atoms. The summed E-state index contributed by atoms with van der Waals surface area (Å²) in [5.41, 5.74) is 12.8. The molecule has 0 fully saturated rings. The Labute approximate surface area is 832 Å². The number of aromatic nitrogens is 5. The van der Waals surface area contributed by atoms with E-state index >= 15 is 0 Å². The number of fused-ring (bicyclic) bond motifs is 6. The van der Waals surface area contributed by atoms with E-state index in [1.54, 1.807) is 11.3 Å². The van der Waals surface area contributed by atoms with Crippen molar-refractivity contribution in [2.24, 2.45) is 0 Å². The van der Waals surface area contributed by atoms with Crippen LogP contribution in [0.3, 0.4) is 0 Å². The quantitative estimate of drug-likeness (QED) is 0.0568. The number of carbonyl (C=O) groups excluding carboxylic acids is 4. The minimum atomic E-state index is -0.125. The van der Waals surface area contributed by atoms with Crippen LogP contribution >= 0.6 is 11.3 Å². The number of pyridine rings is 4. The van der Waals surface area contributed by atoms with Gasteiger partial charge in [0.15, 0.2) is 23.1 Å². The SMILES string of the molecule is CC(=O)C=C(C)O.CC(=O)C=C(C)O.CC(=O)C=C(C)O.CC(=O)C=C(C)O.[Ir].[Ir].[Ir].[Ir].[Ir].[Ir].[c-]1ccc2ccccc2c1-c1ccccn1.[c-]1ccccc1-c1[c-]c2ccccc2s1.[c-]1ccccc1-c1ccc2ccccc2n1.[c-]1ccccc1-c1nc2ccccc2o1.[c-]1ccccc1-c1nccc2ccccc12.[c-]1ccccc1-c1nccc2ccccc12. The Bertz CT molecular complexity index is 5930. The molecule has 0 atom stereocenters. The summed E-state index contributed by atoms with van der Waals surface area (Å²) < 4.78 is 6.89. The molecule has 6 aromatic heterocycles. The fourth-order valence-corrected chi connectivity index (χ4v) is 12.7. The van der Waals surface area contributed by atoms with Crippen molar-refractivity contribution in [3.05, 3.63) is 430 Å². The molecule has 0 aliphatic heterocycles. The van der Waals surface area contributed by atoms with Crippen molar-refractivity contribution in [3.63, 3.8) is 0 Å². The first-order valence-corrected chi connectivity index (χ1v) is 39.4. The topological polar surface area (TPSA) is 227 Å². The van der Waals surface area contributed by atoms with Gasteiger partial charge in [0.2, 0.25) is 0 Å². The van der Waals surface area contributed by atoms with Gasteiger partial charge in [-0.2, -0.15) is 30.3 Å². The normalized spacial score (nSPS) is 10.2. The summed E-state index contributed by atoms with van der Waals surface area (Å²) in [4.78, 5) is 63.5. The average Bonchev–Trinajstić information content (AvgIpc) is 1.46. The number of allylic oxidation sites excluding steroid dienone is 8. The standard InChI is InChI=1S/4C15H10N.C14H8S.C13H8NO.4C5H8O2.6Ir/c1-2-8-13-12(6-1)7-5-9-14(13)15-10-3-4-11-16-15;2*1-2-7-13(8-3-1)15-14-9-5-4-6-12(14)10-11-16-15;1-2-6-12(7-3-1)15-11-10-13-8-4-5-9-14(13)16-15;1-2-6-11(7-3-1)14-10-12-8-4-5-9-13(12)15-14;1-2-6-10(7-3-1)13-14-11-8-4-5-9-12(11)15-13;4*1-4(6)3-5(2)7;;;;;;/h1-8,10-11H;2*1-7,9-11H;1-6,8-11H;2*1-6,8-9H;4*3,6H,1-2H3;;;;;;/q4*-1;-2;-1;;;;;;;;;;. The Hall–Kier alpha value is -11.6. The van der Waals surface area contributed by atoms with Gasteiger partial charge in [-0.25, -0.2) is 5.56 Å². The predicted octanol–water partition coefficient (Wildman–Crippen LogP) is 26.4. The first-order valence-electron chi connectivity index (χ1n) is 38.6. The number of hydrogen-bond acceptors (Lipinski definition) is 15. The van der Waals surface area contributed by atoms with Crippen LogP contribution in [0.2, 0.25) is 0 Å². The Kier molecular flexibility index (Phi) is 52.1. The molecular weight excluding hydrogens is 2680 g/mol. The van der Waals surface area contributed by atoms with E-state index in [-0.39, 0.29) is 167 Å². The van der Waals surface area contributed by atoms with E-state index in [9.17, 15) is 19.2 Å². The number of rotatable bonds is 10. The van der Waals surface area contributed by atoms with Crippen LogP contribution in [0.4, 0.5) is 0 Å². The Morgan fingerprint density at radius 3 is 1.13 bits per heavy atom. The zero-order valence-electron chi connectivity index (χ0n) is 70.6. The van der Waals surface area contributed by atoms with Crippen LogP contribution in [0.5, 0.6) is 0 Å². The number of para-hydroxylation sites is 3. The molecule has 6 radical (unpaired) electrons. The van der Waals surface area contributed by atoms with Crippen LogP contribution < -0.4 is 0 Å². The van der Waals surface area contributed by atoms with Crippen LogP contribution in [-0.2, 0) is 140 Å². The van der Waals surface area contributed by atoms with Gasteiger partial charge in [-0.15, -0.1) is 196 Å². The number of benzene rings is 12. The zero-order chi connectivity index (χ0) is 86.8. The summed E-state index contributed by atoms with van der Waals surface area (Å²) in [7, 11) is 0. The molecule has 0 unspecified atom stereocenters. The van der Waals surface area contributed by atoms with Gasteiger partial charge in [-0.1, -0.05) is 155 Å². The number of carbonyl (C=O) groups is 4. The smallest absolute Gasteiger partial charge is 0.155 e. The van der Waals surface area contributed by atoms with Gasteiger partial charge < -0.3 is 39.8 Å². The van der Waals surface area contributed by atoms with Crippen LogP contribution in [0.15, 0.2) is 392 Å². The van der Waals surface area contributed by atoms with Crippen LogP contribution in [0, 0.1) is 42.5 Å². The number of oxazole rings is 1.